The molecular formula is C18H10Br2O2S3. The fraction of sp³-hybridized carbons (Fsp3) is 0.0556. The van der Waals surface area contributed by atoms with Gasteiger partial charge in [0.25, 0.3) is 0 Å². The first-order valence-corrected chi connectivity index (χ1v) is 11.3. The number of methoxy groups -OCH3 is 1. The van der Waals surface area contributed by atoms with Crippen molar-refractivity contribution >= 4 is 81.9 Å². The second-order valence-electron chi connectivity index (χ2n) is 5.21. The Morgan fingerprint density at radius 2 is 1.48 bits per heavy atom. The van der Waals surface area contributed by atoms with Crippen LogP contribution in [0.15, 0.2) is 50.0 Å². The lowest BCUT2D eigenvalue weighted by molar-refractivity contribution is 0.0606. The van der Waals surface area contributed by atoms with Crippen molar-refractivity contribution in [3.8, 4) is 20.9 Å². The summed E-state index contributed by atoms with van der Waals surface area (Å²) < 4.78 is 8.21. The van der Waals surface area contributed by atoms with Gasteiger partial charge in [0.15, 0.2) is 0 Å². The van der Waals surface area contributed by atoms with Crippen LogP contribution in [0.5, 0.6) is 0 Å². The Morgan fingerprint density at radius 1 is 0.880 bits per heavy atom. The first kappa shape index (κ1) is 17.4. The molecule has 4 aromatic rings. The van der Waals surface area contributed by atoms with Gasteiger partial charge in [0, 0.05) is 31.0 Å². The third-order valence-electron chi connectivity index (χ3n) is 3.75. The summed E-state index contributed by atoms with van der Waals surface area (Å²) in [6, 6.07) is 14.5. The van der Waals surface area contributed by atoms with Crippen LogP contribution in [-0.4, -0.2) is 13.1 Å². The minimum atomic E-state index is -0.294. The number of hydrogen-bond acceptors (Lipinski definition) is 5. The molecule has 3 heterocycles. The van der Waals surface area contributed by atoms with Gasteiger partial charge in [0.1, 0.15) is 4.88 Å². The standard InChI is InChI=1S/C18H10Br2O2S3/c1-22-18(21)14-8-11-9(12-4-6-15(19)23-12)2-3-10(17(11)25-14)13-5-7-16(20)24-13/h2-8H,1H3. The zero-order valence-electron chi connectivity index (χ0n) is 12.8. The molecule has 0 aliphatic rings. The van der Waals surface area contributed by atoms with Crippen molar-refractivity contribution in [3.05, 3.63) is 54.9 Å². The molecule has 0 fully saturated rings. The van der Waals surface area contributed by atoms with Crippen LogP contribution in [-0.2, 0) is 4.74 Å². The number of hydrogen-bond donors (Lipinski definition) is 0. The highest BCUT2D eigenvalue weighted by molar-refractivity contribution is 9.11. The second-order valence-corrected chi connectivity index (χ2v) is 11.2. The number of benzene rings is 1. The smallest absolute Gasteiger partial charge is 0.348 e. The van der Waals surface area contributed by atoms with Crippen molar-refractivity contribution in [1.29, 1.82) is 0 Å². The maximum absolute atomic E-state index is 12.1. The topological polar surface area (TPSA) is 26.3 Å². The highest BCUT2D eigenvalue weighted by atomic mass is 79.9. The lowest BCUT2D eigenvalue weighted by atomic mass is 10.0. The predicted octanol–water partition coefficient (Wildman–Crippen LogP) is 7.67. The molecule has 0 saturated heterocycles. The number of halogens is 2. The number of thiophene rings is 3. The third kappa shape index (κ3) is 3.24. The minimum Gasteiger partial charge on any atom is -0.465 e. The van der Waals surface area contributed by atoms with Gasteiger partial charge in [0.2, 0.25) is 0 Å². The molecule has 2 nitrogen and oxygen atoms in total. The van der Waals surface area contributed by atoms with E-state index in [9.17, 15) is 4.79 Å². The van der Waals surface area contributed by atoms with Gasteiger partial charge < -0.3 is 4.74 Å². The second kappa shape index (κ2) is 6.96. The van der Waals surface area contributed by atoms with E-state index in [4.69, 9.17) is 4.74 Å². The van der Waals surface area contributed by atoms with Crippen LogP contribution < -0.4 is 0 Å². The van der Waals surface area contributed by atoms with E-state index in [0.29, 0.717) is 4.88 Å². The number of ether oxygens (including phenoxy) is 1. The molecule has 0 amide bonds. The van der Waals surface area contributed by atoms with Gasteiger partial charge in [0.05, 0.1) is 14.7 Å². The molecule has 25 heavy (non-hydrogen) atoms. The number of esters is 1. The Kier molecular flexibility index (Phi) is 4.85. The Labute approximate surface area is 173 Å². The van der Waals surface area contributed by atoms with Crippen LogP contribution in [0.1, 0.15) is 9.67 Å². The highest BCUT2D eigenvalue weighted by Crippen LogP contribution is 2.44. The van der Waals surface area contributed by atoms with Crippen molar-refractivity contribution in [2.45, 2.75) is 0 Å². The molecule has 0 atom stereocenters. The van der Waals surface area contributed by atoms with Gasteiger partial charge in [-0.2, -0.15) is 0 Å². The van der Waals surface area contributed by atoms with Crippen LogP contribution in [0, 0.1) is 0 Å². The third-order valence-corrected chi connectivity index (χ3v) is 8.21. The summed E-state index contributed by atoms with van der Waals surface area (Å²) in [5, 5.41) is 1.08. The van der Waals surface area contributed by atoms with Crippen molar-refractivity contribution in [2.75, 3.05) is 7.11 Å². The average Bonchev–Trinajstić information content (AvgIpc) is 3.32. The zero-order chi connectivity index (χ0) is 17.6. The molecule has 0 radical (unpaired) electrons. The molecule has 0 aliphatic carbocycles. The van der Waals surface area contributed by atoms with Crippen LogP contribution in [0.25, 0.3) is 31.0 Å². The van der Waals surface area contributed by atoms with Crippen LogP contribution in [0.4, 0.5) is 0 Å². The van der Waals surface area contributed by atoms with Crippen molar-refractivity contribution in [3.63, 3.8) is 0 Å². The normalized spacial score (nSPS) is 11.2. The minimum absolute atomic E-state index is 0.294. The van der Waals surface area contributed by atoms with E-state index in [1.54, 1.807) is 22.7 Å². The maximum atomic E-state index is 12.1. The number of carbonyl (C=O) groups excluding carboxylic acids is 1. The van der Waals surface area contributed by atoms with Crippen molar-refractivity contribution in [2.24, 2.45) is 0 Å². The highest BCUT2D eigenvalue weighted by Gasteiger charge is 2.18. The maximum Gasteiger partial charge on any atom is 0.348 e. The first-order valence-electron chi connectivity index (χ1n) is 7.23. The molecule has 4 rings (SSSR count). The fourth-order valence-electron chi connectivity index (χ4n) is 2.65. The van der Waals surface area contributed by atoms with E-state index >= 15 is 0 Å². The molecule has 0 aliphatic heterocycles. The Hall–Kier alpha value is -0.990. The molecule has 3 aromatic heterocycles. The number of carbonyl (C=O) groups is 1. The summed E-state index contributed by atoms with van der Waals surface area (Å²) in [5.74, 6) is -0.294. The van der Waals surface area contributed by atoms with Gasteiger partial charge in [-0.25, -0.2) is 4.79 Å². The summed E-state index contributed by atoms with van der Waals surface area (Å²) >= 11 is 11.9. The molecule has 1 aromatic carbocycles. The average molecular weight is 514 g/mol. The molecular weight excluding hydrogens is 504 g/mol. The summed E-state index contributed by atoms with van der Waals surface area (Å²) in [4.78, 5) is 15.0. The van der Waals surface area contributed by atoms with E-state index in [-0.39, 0.29) is 5.97 Å². The Morgan fingerprint density at radius 3 is 2.04 bits per heavy atom. The van der Waals surface area contributed by atoms with E-state index < -0.39 is 0 Å². The summed E-state index contributed by atoms with van der Waals surface area (Å²) in [7, 11) is 1.42. The SMILES string of the molecule is COC(=O)c1cc2c(-c3ccc(Br)s3)ccc(-c3ccc(Br)s3)c2s1. The molecule has 0 spiro atoms. The molecule has 126 valence electrons. The lowest BCUT2D eigenvalue weighted by Gasteiger charge is -2.05. The monoisotopic (exact) mass is 512 g/mol. The van der Waals surface area contributed by atoms with Crippen molar-refractivity contribution in [1.82, 2.24) is 0 Å². The van der Waals surface area contributed by atoms with Gasteiger partial charge in [-0.1, -0.05) is 12.1 Å². The molecule has 0 N–H and O–H groups in total. The quantitative estimate of drug-likeness (QED) is 0.263. The van der Waals surface area contributed by atoms with Gasteiger partial charge in [-0.05, 0) is 62.2 Å². The Balaban J connectivity index is 1.99. The molecule has 0 unspecified atom stereocenters. The van der Waals surface area contributed by atoms with Crippen LogP contribution in [0.2, 0.25) is 0 Å². The molecule has 0 bridgehead atoms. The Bertz CT molecular complexity index is 1010. The number of rotatable bonds is 3. The van der Waals surface area contributed by atoms with E-state index in [1.807, 2.05) is 18.2 Å². The van der Waals surface area contributed by atoms with Crippen molar-refractivity contribution < 1.29 is 9.53 Å². The first-order chi connectivity index (χ1) is 12.1. The molecule has 7 heteroatoms. The van der Waals surface area contributed by atoms with Gasteiger partial charge in [-0.15, -0.1) is 34.0 Å². The number of fused-ring (bicyclic) bond motifs is 1. The summed E-state index contributed by atoms with van der Waals surface area (Å²) in [5.41, 5.74) is 2.28. The summed E-state index contributed by atoms with van der Waals surface area (Å²) in [6.07, 6.45) is 0. The fourth-order valence-corrected chi connectivity index (χ4v) is 6.69. The van der Waals surface area contributed by atoms with E-state index in [2.05, 4.69) is 56.1 Å². The zero-order valence-corrected chi connectivity index (χ0v) is 18.5. The van der Waals surface area contributed by atoms with Gasteiger partial charge >= 0.3 is 5.97 Å². The predicted molar refractivity (Wildman–Crippen MR) is 115 cm³/mol. The van der Waals surface area contributed by atoms with Crippen LogP contribution >= 0.6 is 65.9 Å². The van der Waals surface area contributed by atoms with E-state index in [0.717, 1.165) is 28.8 Å². The lowest BCUT2D eigenvalue weighted by Crippen LogP contribution is -1.96. The van der Waals surface area contributed by atoms with E-state index in [1.165, 1.54) is 28.2 Å². The largest absolute Gasteiger partial charge is 0.465 e. The molecule has 0 saturated carbocycles. The van der Waals surface area contributed by atoms with Gasteiger partial charge in [-0.3, -0.25) is 0 Å². The summed E-state index contributed by atoms with van der Waals surface area (Å²) in [6.45, 7) is 0. The van der Waals surface area contributed by atoms with Crippen LogP contribution in [0.3, 0.4) is 0 Å².